The SMILES string of the molecule is CC1CCCN1C1CCC(c2ccc(N3CCC4(CCOCC4)C3=O)cc2)C1. The average Bonchev–Trinajstić information content (AvgIpc) is 3.44. The van der Waals surface area contributed by atoms with Gasteiger partial charge in [0.25, 0.3) is 0 Å². The van der Waals surface area contributed by atoms with Crippen molar-refractivity contribution in [3.05, 3.63) is 29.8 Å². The van der Waals surface area contributed by atoms with Crippen molar-refractivity contribution in [2.45, 2.75) is 76.3 Å². The van der Waals surface area contributed by atoms with Crippen molar-refractivity contribution in [2.24, 2.45) is 5.41 Å². The van der Waals surface area contributed by atoms with Crippen molar-refractivity contribution in [1.29, 1.82) is 0 Å². The number of carbonyl (C=O) groups excluding carboxylic acids is 1. The molecule has 4 nitrogen and oxygen atoms in total. The molecule has 0 bridgehead atoms. The van der Waals surface area contributed by atoms with Crippen LogP contribution in [0, 0.1) is 5.41 Å². The van der Waals surface area contributed by atoms with Gasteiger partial charge in [0.05, 0.1) is 5.41 Å². The van der Waals surface area contributed by atoms with Crippen molar-refractivity contribution >= 4 is 11.6 Å². The van der Waals surface area contributed by atoms with Crippen LogP contribution in [-0.4, -0.2) is 49.2 Å². The molecule has 3 heterocycles. The van der Waals surface area contributed by atoms with E-state index in [0.717, 1.165) is 56.8 Å². The van der Waals surface area contributed by atoms with E-state index in [9.17, 15) is 4.79 Å². The van der Waals surface area contributed by atoms with Crippen molar-refractivity contribution < 1.29 is 9.53 Å². The molecule has 3 saturated heterocycles. The predicted octanol–water partition coefficient (Wildman–Crippen LogP) is 4.34. The molecule has 1 aromatic rings. The smallest absolute Gasteiger partial charge is 0.233 e. The molecule has 0 radical (unpaired) electrons. The molecule has 3 atom stereocenters. The topological polar surface area (TPSA) is 32.8 Å². The fourth-order valence-corrected chi connectivity index (χ4v) is 6.28. The quantitative estimate of drug-likeness (QED) is 0.780. The third-order valence-electron chi connectivity index (χ3n) is 8.12. The van der Waals surface area contributed by atoms with Crippen molar-refractivity contribution in [2.75, 3.05) is 31.2 Å². The first-order valence-electron chi connectivity index (χ1n) is 11.4. The lowest BCUT2D eigenvalue weighted by molar-refractivity contribution is -0.130. The van der Waals surface area contributed by atoms with Gasteiger partial charge in [0.15, 0.2) is 0 Å². The van der Waals surface area contributed by atoms with Crippen LogP contribution in [0.5, 0.6) is 0 Å². The van der Waals surface area contributed by atoms with Crippen LogP contribution in [0.2, 0.25) is 0 Å². The first kappa shape index (κ1) is 18.6. The molecule has 1 saturated carbocycles. The first-order chi connectivity index (χ1) is 13.7. The second-order valence-electron chi connectivity index (χ2n) is 9.58. The molecule has 5 rings (SSSR count). The first-order valence-corrected chi connectivity index (χ1v) is 11.4. The molecular weight excluding hydrogens is 348 g/mol. The summed E-state index contributed by atoms with van der Waals surface area (Å²) >= 11 is 0. The molecule has 1 spiro atoms. The lowest BCUT2D eigenvalue weighted by Crippen LogP contribution is -2.38. The van der Waals surface area contributed by atoms with Gasteiger partial charge in [0.2, 0.25) is 5.91 Å². The number of rotatable bonds is 3. The Hall–Kier alpha value is -1.39. The fraction of sp³-hybridized carbons (Fsp3) is 0.708. The van der Waals surface area contributed by atoms with E-state index in [1.807, 2.05) is 4.90 Å². The maximum Gasteiger partial charge on any atom is 0.233 e. The van der Waals surface area contributed by atoms with Gasteiger partial charge in [-0.25, -0.2) is 0 Å². The maximum absolute atomic E-state index is 13.1. The van der Waals surface area contributed by atoms with Gasteiger partial charge in [-0.1, -0.05) is 12.1 Å². The normalized spacial score (nSPS) is 33.2. The Kier molecular flexibility index (Phi) is 4.96. The van der Waals surface area contributed by atoms with Crippen LogP contribution in [0.4, 0.5) is 5.69 Å². The number of carbonyl (C=O) groups is 1. The minimum Gasteiger partial charge on any atom is -0.381 e. The number of hydrogen-bond acceptors (Lipinski definition) is 3. The van der Waals surface area contributed by atoms with Gasteiger partial charge >= 0.3 is 0 Å². The highest BCUT2D eigenvalue weighted by Crippen LogP contribution is 2.43. The Bertz CT molecular complexity index is 710. The molecule has 4 aliphatic rings. The fourth-order valence-electron chi connectivity index (χ4n) is 6.28. The van der Waals surface area contributed by atoms with Gasteiger partial charge in [0.1, 0.15) is 0 Å². The highest BCUT2D eigenvalue weighted by Gasteiger charge is 2.47. The molecule has 1 amide bonds. The van der Waals surface area contributed by atoms with E-state index in [1.54, 1.807) is 0 Å². The summed E-state index contributed by atoms with van der Waals surface area (Å²) in [5.41, 5.74) is 2.40. The summed E-state index contributed by atoms with van der Waals surface area (Å²) in [6.45, 7) is 6.01. The Morgan fingerprint density at radius 1 is 1.00 bits per heavy atom. The number of hydrogen-bond donors (Lipinski definition) is 0. The van der Waals surface area contributed by atoms with Gasteiger partial charge < -0.3 is 9.64 Å². The second-order valence-corrected chi connectivity index (χ2v) is 9.58. The van der Waals surface area contributed by atoms with Crippen LogP contribution < -0.4 is 4.90 Å². The minimum atomic E-state index is -0.151. The van der Waals surface area contributed by atoms with E-state index in [-0.39, 0.29) is 5.41 Å². The summed E-state index contributed by atoms with van der Waals surface area (Å²) in [5.74, 6) is 1.01. The molecule has 152 valence electrons. The summed E-state index contributed by atoms with van der Waals surface area (Å²) in [4.78, 5) is 17.9. The summed E-state index contributed by atoms with van der Waals surface area (Å²) in [6, 6.07) is 10.5. The van der Waals surface area contributed by atoms with E-state index in [2.05, 4.69) is 36.1 Å². The van der Waals surface area contributed by atoms with Gasteiger partial charge in [-0.15, -0.1) is 0 Å². The summed E-state index contributed by atoms with van der Waals surface area (Å²) < 4.78 is 5.50. The highest BCUT2D eigenvalue weighted by molar-refractivity contribution is 5.99. The van der Waals surface area contributed by atoms with E-state index in [0.29, 0.717) is 11.8 Å². The highest BCUT2D eigenvalue weighted by atomic mass is 16.5. The van der Waals surface area contributed by atoms with Crippen molar-refractivity contribution in [1.82, 2.24) is 4.90 Å². The van der Waals surface area contributed by atoms with Gasteiger partial charge in [0, 0.05) is 37.5 Å². The van der Waals surface area contributed by atoms with Crippen LogP contribution >= 0.6 is 0 Å². The standard InChI is InChI=1S/C24H34N2O2/c1-18-3-2-13-25(18)22-9-6-20(17-22)19-4-7-21(8-5-19)26-14-10-24(23(26)27)11-15-28-16-12-24/h4-5,7-8,18,20,22H,2-3,6,9-17H2,1H3. The number of likely N-dealkylation sites (tertiary alicyclic amines) is 1. The van der Waals surface area contributed by atoms with Crippen LogP contribution in [-0.2, 0) is 9.53 Å². The maximum atomic E-state index is 13.1. The molecule has 4 heteroatoms. The number of ether oxygens (including phenoxy) is 1. The zero-order valence-corrected chi connectivity index (χ0v) is 17.2. The molecule has 3 unspecified atom stereocenters. The zero-order valence-electron chi connectivity index (χ0n) is 17.2. The zero-order chi connectivity index (χ0) is 19.1. The molecule has 1 aliphatic carbocycles. The number of nitrogens with zero attached hydrogens (tertiary/aromatic N) is 2. The van der Waals surface area contributed by atoms with Crippen LogP contribution in [0.25, 0.3) is 0 Å². The third kappa shape index (κ3) is 3.19. The third-order valence-corrected chi connectivity index (χ3v) is 8.12. The summed E-state index contributed by atoms with van der Waals surface area (Å²) in [6.07, 6.45) is 9.44. The van der Waals surface area contributed by atoms with Crippen LogP contribution in [0.1, 0.15) is 69.8 Å². The Morgan fingerprint density at radius 2 is 1.79 bits per heavy atom. The van der Waals surface area contributed by atoms with Gasteiger partial charge in [-0.05, 0) is 88.4 Å². The lowest BCUT2D eigenvalue weighted by atomic mass is 9.79. The number of amides is 1. The Balaban J connectivity index is 1.25. The molecule has 0 N–H and O–H groups in total. The number of benzene rings is 1. The largest absolute Gasteiger partial charge is 0.381 e. The monoisotopic (exact) mass is 382 g/mol. The van der Waals surface area contributed by atoms with E-state index in [4.69, 9.17) is 4.74 Å². The Morgan fingerprint density at radius 3 is 2.50 bits per heavy atom. The van der Waals surface area contributed by atoms with Gasteiger partial charge in [-0.2, -0.15) is 0 Å². The summed E-state index contributed by atoms with van der Waals surface area (Å²) in [7, 11) is 0. The molecule has 3 aliphatic heterocycles. The van der Waals surface area contributed by atoms with Crippen LogP contribution in [0.15, 0.2) is 24.3 Å². The van der Waals surface area contributed by atoms with E-state index in [1.165, 1.54) is 44.2 Å². The molecule has 28 heavy (non-hydrogen) atoms. The molecular formula is C24H34N2O2. The average molecular weight is 383 g/mol. The minimum absolute atomic E-state index is 0.151. The van der Waals surface area contributed by atoms with E-state index < -0.39 is 0 Å². The predicted molar refractivity (Wildman–Crippen MR) is 112 cm³/mol. The lowest BCUT2D eigenvalue weighted by Gasteiger charge is -2.31. The molecule has 0 aromatic heterocycles. The molecule has 1 aromatic carbocycles. The van der Waals surface area contributed by atoms with Crippen LogP contribution in [0.3, 0.4) is 0 Å². The van der Waals surface area contributed by atoms with Gasteiger partial charge in [-0.3, -0.25) is 9.69 Å². The Labute approximate surface area is 169 Å². The van der Waals surface area contributed by atoms with Crippen molar-refractivity contribution in [3.8, 4) is 0 Å². The summed E-state index contributed by atoms with van der Waals surface area (Å²) in [5, 5.41) is 0. The van der Waals surface area contributed by atoms with Crippen molar-refractivity contribution in [3.63, 3.8) is 0 Å². The number of anilines is 1. The second kappa shape index (κ2) is 7.46. The molecule has 4 fully saturated rings. The van der Waals surface area contributed by atoms with E-state index >= 15 is 0 Å².